The van der Waals surface area contributed by atoms with Crippen molar-refractivity contribution in [2.75, 3.05) is 44.6 Å². The molecule has 2 N–H and O–H groups in total. The van der Waals surface area contributed by atoms with Crippen LogP contribution in [0, 0.1) is 6.92 Å². The lowest BCUT2D eigenvalue weighted by Crippen LogP contribution is -2.45. The quantitative estimate of drug-likeness (QED) is 0.784. The molecule has 0 amide bonds. The molecule has 1 aromatic rings. The van der Waals surface area contributed by atoms with Crippen LogP contribution in [0.2, 0.25) is 0 Å². The molecule has 0 aliphatic carbocycles. The summed E-state index contributed by atoms with van der Waals surface area (Å²) in [6, 6.07) is 6.07. The third kappa shape index (κ3) is 3.47. The maximum atomic E-state index is 4.41. The number of rotatable bonds is 4. The zero-order chi connectivity index (χ0) is 11.2. The average Bonchev–Trinajstić information content (AvgIpc) is 2.30. The summed E-state index contributed by atoms with van der Waals surface area (Å²) >= 11 is 0. The van der Waals surface area contributed by atoms with E-state index in [-0.39, 0.29) is 0 Å². The van der Waals surface area contributed by atoms with Gasteiger partial charge in [0.15, 0.2) is 0 Å². The van der Waals surface area contributed by atoms with Crippen molar-refractivity contribution in [3.05, 3.63) is 23.9 Å². The fourth-order valence-corrected chi connectivity index (χ4v) is 1.92. The van der Waals surface area contributed by atoms with Crippen LogP contribution >= 0.6 is 0 Å². The highest BCUT2D eigenvalue weighted by Gasteiger charge is 2.08. The zero-order valence-electron chi connectivity index (χ0n) is 9.87. The van der Waals surface area contributed by atoms with Crippen molar-refractivity contribution < 1.29 is 0 Å². The lowest BCUT2D eigenvalue weighted by molar-refractivity contribution is 0.249. The van der Waals surface area contributed by atoms with E-state index in [9.17, 15) is 0 Å². The number of aromatic nitrogens is 1. The van der Waals surface area contributed by atoms with Crippen molar-refractivity contribution >= 4 is 5.82 Å². The van der Waals surface area contributed by atoms with Crippen LogP contribution in [-0.2, 0) is 0 Å². The van der Waals surface area contributed by atoms with Gasteiger partial charge in [-0.2, -0.15) is 0 Å². The predicted molar refractivity (Wildman–Crippen MR) is 66.8 cm³/mol. The molecule has 0 aromatic carbocycles. The summed E-state index contributed by atoms with van der Waals surface area (Å²) in [5.41, 5.74) is 1.06. The minimum atomic E-state index is 0.969. The maximum absolute atomic E-state index is 4.41. The van der Waals surface area contributed by atoms with E-state index in [2.05, 4.69) is 20.5 Å². The summed E-state index contributed by atoms with van der Waals surface area (Å²) in [5, 5.41) is 6.72. The van der Waals surface area contributed by atoms with Gasteiger partial charge in [-0.15, -0.1) is 0 Å². The van der Waals surface area contributed by atoms with Crippen LogP contribution in [0.3, 0.4) is 0 Å². The molecule has 2 heterocycles. The minimum Gasteiger partial charge on any atom is -0.369 e. The van der Waals surface area contributed by atoms with Crippen molar-refractivity contribution in [3.63, 3.8) is 0 Å². The van der Waals surface area contributed by atoms with E-state index in [1.807, 2.05) is 25.1 Å². The molecule has 4 nitrogen and oxygen atoms in total. The summed E-state index contributed by atoms with van der Waals surface area (Å²) in [6.45, 7) is 8.62. The lowest BCUT2D eigenvalue weighted by Gasteiger charge is -2.27. The molecule has 88 valence electrons. The van der Waals surface area contributed by atoms with E-state index in [1.165, 1.54) is 0 Å². The van der Waals surface area contributed by atoms with Gasteiger partial charge in [-0.25, -0.2) is 4.98 Å². The largest absolute Gasteiger partial charge is 0.369 e. The monoisotopic (exact) mass is 220 g/mol. The molecule has 1 fully saturated rings. The predicted octanol–water partition coefficient (Wildman–Crippen LogP) is 0.707. The summed E-state index contributed by atoms with van der Waals surface area (Å²) in [4.78, 5) is 6.89. The van der Waals surface area contributed by atoms with Gasteiger partial charge in [-0.1, -0.05) is 6.07 Å². The highest BCUT2D eigenvalue weighted by molar-refractivity contribution is 5.34. The van der Waals surface area contributed by atoms with Crippen LogP contribution in [0.1, 0.15) is 5.69 Å². The number of nitrogens with zero attached hydrogens (tertiary/aromatic N) is 2. The normalized spacial score (nSPS) is 17.3. The van der Waals surface area contributed by atoms with Gasteiger partial charge in [0.05, 0.1) is 0 Å². The van der Waals surface area contributed by atoms with Crippen molar-refractivity contribution in [2.45, 2.75) is 6.92 Å². The first-order valence-electron chi connectivity index (χ1n) is 5.95. The second-order valence-corrected chi connectivity index (χ2v) is 4.18. The molecular formula is C12H20N4. The van der Waals surface area contributed by atoms with Crippen molar-refractivity contribution in [1.29, 1.82) is 0 Å². The molecule has 2 rings (SSSR count). The highest BCUT2D eigenvalue weighted by Crippen LogP contribution is 2.03. The molecule has 0 saturated carbocycles. The smallest absolute Gasteiger partial charge is 0.126 e. The van der Waals surface area contributed by atoms with Gasteiger partial charge in [0, 0.05) is 45.0 Å². The molecule has 16 heavy (non-hydrogen) atoms. The van der Waals surface area contributed by atoms with E-state index in [1.54, 1.807) is 0 Å². The van der Waals surface area contributed by atoms with Gasteiger partial charge in [0.2, 0.25) is 0 Å². The molecule has 0 bridgehead atoms. The van der Waals surface area contributed by atoms with Crippen molar-refractivity contribution in [3.8, 4) is 0 Å². The first-order valence-corrected chi connectivity index (χ1v) is 5.95. The number of nitrogens with one attached hydrogen (secondary N) is 2. The van der Waals surface area contributed by atoms with Crippen molar-refractivity contribution in [1.82, 2.24) is 15.2 Å². The van der Waals surface area contributed by atoms with Gasteiger partial charge in [0.25, 0.3) is 0 Å². The Labute approximate surface area is 97.1 Å². The molecule has 1 saturated heterocycles. The third-order valence-electron chi connectivity index (χ3n) is 2.83. The number of hydrogen-bond acceptors (Lipinski definition) is 4. The van der Waals surface area contributed by atoms with Crippen LogP contribution < -0.4 is 10.6 Å². The van der Waals surface area contributed by atoms with E-state index in [0.29, 0.717) is 0 Å². The summed E-state index contributed by atoms with van der Waals surface area (Å²) in [7, 11) is 0. The molecule has 0 radical (unpaired) electrons. The Kier molecular flexibility index (Phi) is 4.13. The van der Waals surface area contributed by atoms with Gasteiger partial charge < -0.3 is 10.6 Å². The van der Waals surface area contributed by atoms with Crippen LogP contribution in [0.5, 0.6) is 0 Å². The number of hydrogen-bond donors (Lipinski definition) is 2. The molecule has 0 unspecified atom stereocenters. The standard InChI is InChI=1S/C12H20N4/c1-11-3-2-4-12(15-11)14-7-10-16-8-5-13-6-9-16/h2-4,13H,5-10H2,1H3,(H,14,15). The maximum Gasteiger partial charge on any atom is 0.126 e. The number of aryl methyl sites for hydroxylation is 1. The number of pyridine rings is 1. The molecular weight excluding hydrogens is 200 g/mol. The Bertz CT molecular complexity index is 321. The SMILES string of the molecule is Cc1cccc(NCCN2CCNCC2)n1. The lowest BCUT2D eigenvalue weighted by atomic mass is 10.3. The van der Waals surface area contributed by atoms with E-state index >= 15 is 0 Å². The highest BCUT2D eigenvalue weighted by atomic mass is 15.2. The van der Waals surface area contributed by atoms with Crippen molar-refractivity contribution in [2.24, 2.45) is 0 Å². The average molecular weight is 220 g/mol. The third-order valence-corrected chi connectivity index (χ3v) is 2.83. The molecule has 1 aliphatic rings. The van der Waals surface area contributed by atoms with Crippen LogP contribution in [0.4, 0.5) is 5.82 Å². The molecule has 1 aliphatic heterocycles. The Morgan fingerprint density at radius 3 is 2.94 bits per heavy atom. The number of anilines is 1. The van der Waals surface area contributed by atoms with Gasteiger partial charge in [0.1, 0.15) is 5.82 Å². The Balaban J connectivity index is 1.71. The first kappa shape index (κ1) is 11.4. The topological polar surface area (TPSA) is 40.2 Å². The number of piperazine rings is 1. The Morgan fingerprint density at radius 1 is 1.38 bits per heavy atom. The fraction of sp³-hybridized carbons (Fsp3) is 0.583. The van der Waals surface area contributed by atoms with Gasteiger partial charge >= 0.3 is 0 Å². The Hall–Kier alpha value is -1.13. The summed E-state index contributed by atoms with van der Waals surface area (Å²) < 4.78 is 0. The molecule has 0 spiro atoms. The molecule has 1 aromatic heterocycles. The van der Waals surface area contributed by atoms with Crippen LogP contribution in [0.25, 0.3) is 0 Å². The van der Waals surface area contributed by atoms with Crippen LogP contribution in [0.15, 0.2) is 18.2 Å². The Morgan fingerprint density at radius 2 is 2.19 bits per heavy atom. The van der Waals surface area contributed by atoms with Crippen LogP contribution in [-0.4, -0.2) is 49.2 Å². The second kappa shape index (κ2) is 5.82. The second-order valence-electron chi connectivity index (χ2n) is 4.18. The first-order chi connectivity index (χ1) is 7.84. The van der Waals surface area contributed by atoms with E-state index in [4.69, 9.17) is 0 Å². The molecule has 0 atom stereocenters. The molecule has 4 heteroatoms. The fourth-order valence-electron chi connectivity index (χ4n) is 1.92. The van der Waals surface area contributed by atoms with E-state index in [0.717, 1.165) is 50.8 Å². The van der Waals surface area contributed by atoms with E-state index < -0.39 is 0 Å². The van der Waals surface area contributed by atoms with Gasteiger partial charge in [-0.05, 0) is 19.1 Å². The minimum absolute atomic E-state index is 0.969. The summed E-state index contributed by atoms with van der Waals surface area (Å²) in [6.07, 6.45) is 0. The summed E-state index contributed by atoms with van der Waals surface area (Å²) in [5.74, 6) is 0.982. The van der Waals surface area contributed by atoms with Gasteiger partial charge in [-0.3, -0.25) is 4.90 Å². The zero-order valence-corrected chi connectivity index (χ0v) is 9.87.